The topological polar surface area (TPSA) is 100 Å². The second-order valence-electron chi connectivity index (χ2n) is 6.11. The van der Waals surface area contributed by atoms with Crippen molar-refractivity contribution in [3.63, 3.8) is 0 Å². The number of nitrogens with one attached hydrogen (secondary N) is 3. The number of amides is 3. The highest BCUT2D eigenvalue weighted by Crippen LogP contribution is 2.26. The molecular formula is C21H17ClN4O3. The van der Waals surface area contributed by atoms with E-state index in [1.807, 2.05) is 0 Å². The van der Waals surface area contributed by atoms with Crippen molar-refractivity contribution in [1.29, 1.82) is 0 Å². The first-order valence-electron chi connectivity index (χ1n) is 8.62. The molecule has 3 aromatic rings. The molecular weight excluding hydrogens is 392 g/mol. The van der Waals surface area contributed by atoms with Crippen LogP contribution in [-0.4, -0.2) is 22.7 Å². The van der Waals surface area contributed by atoms with Crippen molar-refractivity contribution in [2.75, 3.05) is 16.0 Å². The van der Waals surface area contributed by atoms with Crippen LogP contribution in [0.3, 0.4) is 0 Å². The van der Waals surface area contributed by atoms with Crippen LogP contribution < -0.4 is 16.0 Å². The first-order valence-corrected chi connectivity index (χ1v) is 9.00. The number of benzene rings is 2. The number of carbonyl (C=O) groups excluding carboxylic acids is 3. The van der Waals surface area contributed by atoms with Crippen molar-refractivity contribution in [2.45, 2.75) is 6.92 Å². The maximum atomic E-state index is 12.5. The van der Waals surface area contributed by atoms with E-state index >= 15 is 0 Å². The molecule has 7 nitrogen and oxygen atoms in total. The highest BCUT2D eigenvalue weighted by Gasteiger charge is 2.11. The SMILES string of the molecule is CC(=O)Nc1ccc(NC(=O)c2cccc(NC(=O)c3cccnc3)c2)cc1Cl. The lowest BCUT2D eigenvalue weighted by molar-refractivity contribution is -0.114. The van der Waals surface area contributed by atoms with E-state index in [9.17, 15) is 14.4 Å². The molecule has 0 unspecified atom stereocenters. The number of halogens is 1. The third kappa shape index (κ3) is 5.40. The molecule has 0 atom stereocenters. The summed E-state index contributed by atoms with van der Waals surface area (Å²) < 4.78 is 0. The summed E-state index contributed by atoms with van der Waals surface area (Å²) in [6.45, 7) is 1.38. The van der Waals surface area contributed by atoms with Crippen LogP contribution in [0.5, 0.6) is 0 Å². The Labute approximate surface area is 172 Å². The van der Waals surface area contributed by atoms with Crippen molar-refractivity contribution in [3.05, 3.63) is 83.1 Å². The fourth-order valence-electron chi connectivity index (χ4n) is 2.53. The zero-order chi connectivity index (χ0) is 20.8. The molecule has 0 aliphatic rings. The lowest BCUT2D eigenvalue weighted by Crippen LogP contribution is -2.15. The monoisotopic (exact) mass is 408 g/mol. The van der Waals surface area contributed by atoms with Crippen LogP contribution in [0.4, 0.5) is 17.1 Å². The average Bonchev–Trinajstić information content (AvgIpc) is 2.70. The van der Waals surface area contributed by atoms with E-state index < -0.39 is 0 Å². The third-order valence-corrected chi connectivity index (χ3v) is 4.16. The molecule has 3 amide bonds. The summed E-state index contributed by atoms with van der Waals surface area (Å²) in [5.41, 5.74) is 2.18. The van der Waals surface area contributed by atoms with Crippen LogP contribution in [0.2, 0.25) is 5.02 Å². The molecule has 8 heteroatoms. The van der Waals surface area contributed by atoms with Crippen molar-refractivity contribution >= 4 is 46.4 Å². The van der Waals surface area contributed by atoms with Crippen LogP contribution in [0.25, 0.3) is 0 Å². The van der Waals surface area contributed by atoms with Crippen molar-refractivity contribution in [3.8, 4) is 0 Å². The van der Waals surface area contributed by atoms with Gasteiger partial charge in [0, 0.05) is 36.3 Å². The van der Waals surface area contributed by atoms with Gasteiger partial charge in [0.2, 0.25) is 5.91 Å². The van der Waals surface area contributed by atoms with Gasteiger partial charge in [-0.2, -0.15) is 0 Å². The van der Waals surface area contributed by atoms with Gasteiger partial charge in [0.05, 0.1) is 16.3 Å². The highest BCUT2D eigenvalue weighted by atomic mass is 35.5. The molecule has 3 rings (SSSR count). The zero-order valence-corrected chi connectivity index (χ0v) is 16.2. The van der Waals surface area contributed by atoms with Crippen LogP contribution >= 0.6 is 11.6 Å². The van der Waals surface area contributed by atoms with Gasteiger partial charge in [0.15, 0.2) is 0 Å². The Bertz CT molecular complexity index is 1070. The van der Waals surface area contributed by atoms with E-state index in [0.29, 0.717) is 33.2 Å². The molecule has 3 N–H and O–H groups in total. The minimum absolute atomic E-state index is 0.242. The maximum absolute atomic E-state index is 12.5. The number of carbonyl (C=O) groups is 3. The second kappa shape index (κ2) is 8.99. The van der Waals surface area contributed by atoms with Gasteiger partial charge >= 0.3 is 0 Å². The molecule has 146 valence electrons. The van der Waals surface area contributed by atoms with Gasteiger partial charge in [-0.1, -0.05) is 17.7 Å². The first-order chi connectivity index (χ1) is 13.9. The molecule has 0 aliphatic carbocycles. The fourth-order valence-corrected chi connectivity index (χ4v) is 2.75. The van der Waals surface area contributed by atoms with Gasteiger partial charge in [-0.25, -0.2) is 0 Å². The van der Waals surface area contributed by atoms with Gasteiger partial charge in [0.1, 0.15) is 0 Å². The predicted octanol–water partition coefficient (Wildman–Crippen LogP) is 4.20. The molecule has 0 saturated heterocycles. The Hall–Kier alpha value is -3.71. The summed E-state index contributed by atoms with van der Waals surface area (Å²) in [6.07, 6.45) is 3.04. The van der Waals surface area contributed by atoms with E-state index in [-0.39, 0.29) is 17.7 Å². The van der Waals surface area contributed by atoms with E-state index in [1.165, 1.54) is 13.1 Å². The number of hydrogen-bond acceptors (Lipinski definition) is 4. The summed E-state index contributed by atoms with van der Waals surface area (Å²) in [7, 11) is 0. The van der Waals surface area contributed by atoms with Gasteiger partial charge in [-0.3, -0.25) is 19.4 Å². The van der Waals surface area contributed by atoms with Crippen molar-refractivity contribution in [2.24, 2.45) is 0 Å². The number of aromatic nitrogens is 1. The average molecular weight is 409 g/mol. The quantitative estimate of drug-likeness (QED) is 0.589. The van der Waals surface area contributed by atoms with Crippen molar-refractivity contribution in [1.82, 2.24) is 4.98 Å². The standard InChI is InChI=1S/C21H17ClN4O3/c1-13(27)24-19-8-7-17(11-18(19)22)26-20(28)14-4-2-6-16(10-14)25-21(29)15-5-3-9-23-12-15/h2-12H,1H3,(H,24,27)(H,25,29)(H,26,28). The van der Waals surface area contributed by atoms with E-state index in [4.69, 9.17) is 11.6 Å². The number of hydrogen-bond donors (Lipinski definition) is 3. The lowest BCUT2D eigenvalue weighted by atomic mass is 10.1. The van der Waals surface area contributed by atoms with Crippen LogP contribution in [0, 0.1) is 0 Å². The molecule has 0 aliphatic heterocycles. The van der Waals surface area contributed by atoms with Gasteiger partial charge < -0.3 is 16.0 Å². The Morgan fingerprint density at radius 3 is 2.17 bits per heavy atom. The molecule has 0 saturated carbocycles. The summed E-state index contributed by atoms with van der Waals surface area (Å²) in [6, 6.07) is 14.6. The Balaban J connectivity index is 1.70. The molecule has 1 heterocycles. The summed E-state index contributed by atoms with van der Waals surface area (Å²) >= 11 is 6.13. The minimum atomic E-state index is -0.370. The largest absolute Gasteiger partial charge is 0.325 e. The molecule has 1 aromatic heterocycles. The number of pyridine rings is 1. The van der Waals surface area contributed by atoms with E-state index in [2.05, 4.69) is 20.9 Å². The third-order valence-electron chi connectivity index (χ3n) is 3.84. The molecule has 0 bridgehead atoms. The molecule has 29 heavy (non-hydrogen) atoms. The molecule has 0 radical (unpaired) electrons. The second-order valence-corrected chi connectivity index (χ2v) is 6.51. The van der Waals surface area contributed by atoms with Gasteiger partial charge in [-0.15, -0.1) is 0 Å². The summed E-state index contributed by atoms with van der Waals surface area (Å²) in [4.78, 5) is 39.8. The normalized spacial score (nSPS) is 10.1. The number of anilines is 3. The van der Waals surface area contributed by atoms with Gasteiger partial charge in [0.25, 0.3) is 11.8 Å². The Kier molecular flexibility index (Phi) is 6.21. The van der Waals surface area contributed by atoms with Crippen LogP contribution in [0.1, 0.15) is 27.6 Å². The predicted molar refractivity (Wildman–Crippen MR) is 112 cm³/mol. The first kappa shape index (κ1) is 20.0. The highest BCUT2D eigenvalue weighted by molar-refractivity contribution is 6.34. The summed E-state index contributed by atoms with van der Waals surface area (Å²) in [5, 5.41) is 8.36. The molecule has 0 fully saturated rings. The lowest BCUT2D eigenvalue weighted by Gasteiger charge is -2.10. The maximum Gasteiger partial charge on any atom is 0.257 e. The number of nitrogens with zero attached hydrogens (tertiary/aromatic N) is 1. The molecule has 2 aromatic carbocycles. The zero-order valence-electron chi connectivity index (χ0n) is 15.4. The van der Waals surface area contributed by atoms with Crippen molar-refractivity contribution < 1.29 is 14.4 Å². The fraction of sp³-hybridized carbons (Fsp3) is 0.0476. The minimum Gasteiger partial charge on any atom is -0.325 e. The van der Waals surface area contributed by atoms with Gasteiger partial charge in [-0.05, 0) is 48.5 Å². The van der Waals surface area contributed by atoms with E-state index in [0.717, 1.165) is 0 Å². The Morgan fingerprint density at radius 1 is 0.828 bits per heavy atom. The van der Waals surface area contributed by atoms with Crippen LogP contribution in [0.15, 0.2) is 67.0 Å². The number of rotatable bonds is 5. The van der Waals surface area contributed by atoms with Crippen LogP contribution in [-0.2, 0) is 4.79 Å². The van der Waals surface area contributed by atoms with E-state index in [1.54, 1.807) is 60.8 Å². The summed E-state index contributed by atoms with van der Waals surface area (Å²) in [5.74, 6) is -0.935. The molecule has 0 spiro atoms. The smallest absolute Gasteiger partial charge is 0.257 e. The Morgan fingerprint density at radius 2 is 1.52 bits per heavy atom.